The molecule has 0 unspecified atom stereocenters. The number of rotatable bonds is 3. The Morgan fingerprint density at radius 3 is 2.78 bits per heavy atom. The molecule has 140 valence electrons. The number of hydrogen-bond acceptors (Lipinski definition) is 4. The second-order valence-electron chi connectivity index (χ2n) is 7.30. The summed E-state index contributed by atoms with van der Waals surface area (Å²) >= 11 is 0. The molecule has 0 radical (unpaired) electrons. The minimum atomic E-state index is -0.00876. The Morgan fingerprint density at radius 2 is 2.00 bits per heavy atom. The minimum Gasteiger partial charge on any atom is -0.338 e. The Morgan fingerprint density at radius 1 is 1.19 bits per heavy atom. The van der Waals surface area contributed by atoms with E-state index in [1.54, 1.807) is 6.92 Å². The van der Waals surface area contributed by atoms with Crippen LogP contribution in [0.3, 0.4) is 0 Å². The van der Waals surface area contributed by atoms with E-state index in [1.807, 2.05) is 46.3 Å². The van der Waals surface area contributed by atoms with E-state index in [0.717, 1.165) is 48.5 Å². The van der Waals surface area contributed by atoms with Crippen LogP contribution in [0.5, 0.6) is 0 Å². The molecule has 1 aromatic heterocycles. The molecule has 0 spiro atoms. The molecule has 0 bridgehead atoms. The van der Waals surface area contributed by atoms with Crippen molar-refractivity contribution in [2.45, 2.75) is 45.2 Å². The Kier molecular flexibility index (Phi) is 4.88. The van der Waals surface area contributed by atoms with Crippen molar-refractivity contribution >= 4 is 11.8 Å². The Labute approximate surface area is 159 Å². The molecule has 4 rings (SSSR count). The lowest BCUT2D eigenvalue weighted by atomic mass is 10.0. The van der Waals surface area contributed by atoms with Crippen molar-refractivity contribution in [2.24, 2.45) is 0 Å². The summed E-state index contributed by atoms with van der Waals surface area (Å²) in [6.45, 7) is 3.62. The van der Waals surface area contributed by atoms with Crippen molar-refractivity contribution in [3.8, 4) is 0 Å². The van der Waals surface area contributed by atoms with Crippen LogP contribution in [-0.4, -0.2) is 44.7 Å². The highest BCUT2D eigenvalue weighted by Gasteiger charge is 2.31. The van der Waals surface area contributed by atoms with E-state index in [-0.39, 0.29) is 17.9 Å². The van der Waals surface area contributed by atoms with Crippen LogP contribution in [0.4, 0.5) is 0 Å². The van der Waals surface area contributed by atoms with Crippen molar-refractivity contribution in [1.29, 1.82) is 0 Å². The molecule has 2 aliphatic rings. The van der Waals surface area contributed by atoms with Gasteiger partial charge in [-0.3, -0.25) is 9.59 Å². The van der Waals surface area contributed by atoms with Crippen LogP contribution in [0.1, 0.15) is 48.5 Å². The number of aromatic nitrogens is 2. The maximum absolute atomic E-state index is 12.6. The summed E-state index contributed by atoms with van der Waals surface area (Å²) in [6, 6.07) is 9.82. The number of fused-ring (bicyclic) bond motifs is 1. The molecule has 2 aromatic rings. The lowest BCUT2D eigenvalue weighted by Crippen LogP contribution is -2.38. The van der Waals surface area contributed by atoms with E-state index in [9.17, 15) is 9.59 Å². The van der Waals surface area contributed by atoms with Crippen LogP contribution < -0.4 is 0 Å². The Bertz CT molecular complexity index is 853. The van der Waals surface area contributed by atoms with Crippen molar-refractivity contribution in [3.05, 3.63) is 59.2 Å². The summed E-state index contributed by atoms with van der Waals surface area (Å²) in [6.07, 6.45) is 4.91. The minimum absolute atomic E-state index is 0.00876. The summed E-state index contributed by atoms with van der Waals surface area (Å²) in [5.74, 6) is 0.955. The van der Waals surface area contributed by atoms with Crippen molar-refractivity contribution in [1.82, 2.24) is 19.8 Å². The van der Waals surface area contributed by atoms with Gasteiger partial charge in [-0.1, -0.05) is 30.3 Å². The molecule has 1 fully saturated rings. The third-order valence-corrected chi connectivity index (χ3v) is 5.46. The van der Waals surface area contributed by atoms with E-state index in [2.05, 4.69) is 4.98 Å². The van der Waals surface area contributed by atoms with Crippen molar-refractivity contribution < 1.29 is 9.59 Å². The molecule has 0 aliphatic carbocycles. The highest BCUT2D eigenvalue weighted by molar-refractivity contribution is 5.79. The largest absolute Gasteiger partial charge is 0.338 e. The molecule has 0 N–H and O–H groups in total. The highest BCUT2D eigenvalue weighted by atomic mass is 16.2. The normalized spacial score (nSPS) is 19.1. The summed E-state index contributed by atoms with van der Waals surface area (Å²) in [5.41, 5.74) is 3.06. The molecule has 2 amide bonds. The average molecular weight is 364 g/mol. The molecule has 2 aliphatic heterocycles. The zero-order valence-electron chi connectivity index (χ0n) is 15.6. The maximum atomic E-state index is 12.6. The SMILES string of the molecule is CC(=O)N1CCC[C@H]1c1ncc2c(n1)CCN(C(=O)Cc1ccccc1)C2. The average Bonchev–Trinajstić information content (AvgIpc) is 3.18. The third-order valence-electron chi connectivity index (χ3n) is 5.46. The summed E-state index contributed by atoms with van der Waals surface area (Å²) in [7, 11) is 0. The fourth-order valence-corrected chi connectivity index (χ4v) is 4.00. The van der Waals surface area contributed by atoms with Gasteiger partial charge in [-0.25, -0.2) is 9.97 Å². The van der Waals surface area contributed by atoms with E-state index in [1.165, 1.54) is 0 Å². The van der Waals surface area contributed by atoms with Gasteiger partial charge in [-0.05, 0) is 18.4 Å². The topological polar surface area (TPSA) is 66.4 Å². The van der Waals surface area contributed by atoms with Crippen LogP contribution >= 0.6 is 0 Å². The Hall–Kier alpha value is -2.76. The number of carbonyl (C=O) groups excluding carboxylic acids is 2. The van der Waals surface area contributed by atoms with Crippen LogP contribution in [0.15, 0.2) is 36.5 Å². The first-order valence-electron chi connectivity index (χ1n) is 9.55. The molecule has 3 heterocycles. The number of benzene rings is 1. The van der Waals surface area contributed by atoms with Gasteiger partial charge < -0.3 is 9.80 Å². The second kappa shape index (κ2) is 7.47. The zero-order valence-corrected chi connectivity index (χ0v) is 15.6. The first-order chi connectivity index (χ1) is 13.1. The number of nitrogens with zero attached hydrogens (tertiary/aromatic N) is 4. The first kappa shape index (κ1) is 17.6. The fraction of sp³-hybridized carbons (Fsp3) is 0.429. The van der Waals surface area contributed by atoms with Crippen LogP contribution in [-0.2, 0) is 29.0 Å². The second-order valence-corrected chi connectivity index (χ2v) is 7.30. The first-order valence-corrected chi connectivity index (χ1v) is 9.55. The van der Waals surface area contributed by atoms with Gasteiger partial charge in [-0.15, -0.1) is 0 Å². The summed E-state index contributed by atoms with van der Waals surface area (Å²) < 4.78 is 0. The van der Waals surface area contributed by atoms with Crippen molar-refractivity contribution in [2.75, 3.05) is 13.1 Å². The highest BCUT2D eigenvalue weighted by Crippen LogP contribution is 2.30. The zero-order chi connectivity index (χ0) is 18.8. The van der Waals surface area contributed by atoms with Crippen LogP contribution in [0.25, 0.3) is 0 Å². The van der Waals surface area contributed by atoms with Gasteiger partial charge in [0, 0.05) is 44.7 Å². The van der Waals surface area contributed by atoms with Gasteiger partial charge in [0.15, 0.2) is 5.82 Å². The lowest BCUT2D eigenvalue weighted by molar-refractivity contribution is -0.131. The number of carbonyl (C=O) groups is 2. The molecular weight excluding hydrogens is 340 g/mol. The maximum Gasteiger partial charge on any atom is 0.227 e. The quantitative estimate of drug-likeness (QED) is 0.838. The standard InChI is InChI=1S/C21H24N4O2/c1-15(26)25-10-5-8-19(25)21-22-13-17-14-24(11-9-18(17)23-21)20(27)12-16-6-3-2-4-7-16/h2-4,6-7,13,19H,5,8-12,14H2,1H3/t19-/m0/s1. The molecule has 6 heteroatoms. The van der Waals surface area contributed by atoms with Gasteiger partial charge in [0.2, 0.25) is 11.8 Å². The van der Waals surface area contributed by atoms with Crippen molar-refractivity contribution in [3.63, 3.8) is 0 Å². The molecule has 0 saturated carbocycles. The molecule has 1 atom stereocenters. The van der Waals surface area contributed by atoms with Gasteiger partial charge in [0.05, 0.1) is 18.2 Å². The van der Waals surface area contributed by atoms with E-state index >= 15 is 0 Å². The monoisotopic (exact) mass is 364 g/mol. The van der Waals surface area contributed by atoms with Gasteiger partial charge in [0.1, 0.15) is 0 Å². The number of hydrogen-bond donors (Lipinski definition) is 0. The summed E-state index contributed by atoms with van der Waals surface area (Å²) in [4.78, 5) is 37.5. The number of likely N-dealkylation sites (tertiary alicyclic amines) is 1. The molecule has 1 aromatic carbocycles. The predicted molar refractivity (Wildman–Crippen MR) is 101 cm³/mol. The van der Waals surface area contributed by atoms with Gasteiger partial charge >= 0.3 is 0 Å². The summed E-state index contributed by atoms with van der Waals surface area (Å²) in [5, 5.41) is 0. The smallest absolute Gasteiger partial charge is 0.227 e. The molecule has 6 nitrogen and oxygen atoms in total. The predicted octanol–water partition coefficient (Wildman–Crippen LogP) is 2.29. The van der Waals surface area contributed by atoms with Gasteiger partial charge in [0.25, 0.3) is 0 Å². The molecule has 27 heavy (non-hydrogen) atoms. The molecular formula is C21H24N4O2. The fourth-order valence-electron chi connectivity index (χ4n) is 4.00. The Balaban J connectivity index is 1.46. The van der Waals surface area contributed by atoms with E-state index < -0.39 is 0 Å². The van der Waals surface area contributed by atoms with Crippen LogP contribution in [0, 0.1) is 0 Å². The molecule has 1 saturated heterocycles. The number of amides is 2. The van der Waals surface area contributed by atoms with E-state index in [4.69, 9.17) is 4.98 Å². The van der Waals surface area contributed by atoms with Gasteiger partial charge in [-0.2, -0.15) is 0 Å². The van der Waals surface area contributed by atoms with E-state index in [0.29, 0.717) is 19.5 Å². The van der Waals surface area contributed by atoms with Crippen LogP contribution in [0.2, 0.25) is 0 Å². The third kappa shape index (κ3) is 3.70. The lowest BCUT2D eigenvalue weighted by Gasteiger charge is -2.29.